The van der Waals surface area contributed by atoms with Crippen LogP contribution in [0.5, 0.6) is 0 Å². The first kappa shape index (κ1) is 8.25. The molecule has 13 heavy (non-hydrogen) atoms. The molecule has 0 amide bonds. The zero-order valence-corrected chi connectivity index (χ0v) is 8.24. The van der Waals surface area contributed by atoms with Gasteiger partial charge in [-0.25, -0.2) is 0 Å². The minimum Gasteiger partial charge on any atom is -0.377 e. The van der Waals surface area contributed by atoms with Crippen molar-refractivity contribution < 1.29 is 4.74 Å². The van der Waals surface area contributed by atoms with E-state index >= 15 is 0 Å². The van der Waals surface area contributed by atoms with E-state index in [1.54, 1.807) is 0 Å². The third-order valence-electron chi connectivity index (χ3n) is 4.04. The number of nitrogens with zero attached hydrogens (tertiary/aromatic N) is 1. The highest BCUT2D eigenvalue weighted by molar-refractivity contribution is 4.95. The molecule has 0 aromatic carbocycles. The van der Waals surface area contributed by atoms with Crippen molar-refractivity contribution in [2.24, 2.45) is 0 Å². The van der Waals surface area contributed by atoms with Crippen LogP contribution < -0.4 is 0 Å². The van der Waals surface area contributed by atoms with Gasteiger partial charge in [-0.15, -0.1) is 0 Å². The molecule has 0 saturated carbocycles. The molecule has 3 saturated heterocycles. The average Bonchev–Trinajstić information content (AvgIpc) is 2.85. The Kier molecular flexibility index (Phi) is 2.06. The first-order valence-corrected chi connectivity index (χ1v) is 5.81. The van der Waals surface area contributed by atoms with Crippen LogP contribution in [0.2, 0.25) is 0 Å². The van der Waals surface area contributed by atoms with Gasteiger partial charge >= 0.3 is 0 Å². The standard InChI is InChI=1S/C11H19NO/c1-2-11(13-7-1)8-12-9-3-4-10(12)6-5-9/h9-11H,1-8H2/t9?,10?,11-/m1/s1. The monoisotopic (exact) mass is 181 g/mol. The van der Waals surface area contributed by atoms with Gasteiger partial charge in [-0.05, 0) is 38.5 Å². The first-order chi connectivity index (χ1) is 6.43. The molecule has 0 aromatic heterocycles. The summed E-state index contributed by atoms with van der Waals surface area (Å²) in [6, 6.07) is 1.85. The van der Waals surface area contributed by atoms with Crippen LogP contribution in [0.4, 0.5) is 0 Å². The summed E-state index contributed by atoms with van der Waals surface area (Å²) in [4.78, 5) is 2.73. The van der Waals surface area contributed by atoms with Gasteiger partial charge < -0.3 is 4.74 Å². The number of fused-ring (bicyclic) bond motifs is 2. The summed E-state index contributed by atoms with van der Waals surface area (Å²) in [5.41, 5.74) is 0. The SMILES string of the molecule is C1CO[C@@H](CN2C3CCC2CC3)C1. The summed E-state index contributed by atoms with van der Waals surface area (Å²) in [7, 11) is 0. The molecule has 3 aliphatic rings. The van der Waals surface area contributed by atoms with E-state index in [4.69, 9.17) is 4.74 Å². The maximum atomic E-state index is 5.70. The Morgan fingerprint density at radius 3 is 2.23 bits per heavy atom. The molecule has 0 aliphatic carbocycles. The van der Waals surface area contributed by atoms with Crippen molar-refractivity contribution in [1.82, 2.24) is 4.90 Å². The van der Waals surface area contributed by atoms with Crippen molar-refractivity contribution in [3.63, 3.8) is 0 Å². The summed E-state index contributed by atoms with van der Waals surface area (Å²) in [5.74, 6) is 0. The molecule has 3 aliphatic heterocycles. The smallest absolute Gasteiger partial charge is 0.0703 e. The number of hydrogen-bond acceptors (Lipinski definition) is 2. The summed E-state index contributed by atoms with van der Waals surface area (Å²) in [6.45, 7) is 2.24. The van der Waals surface area contributed by atoms with E-state index in [9.17, 15) is 0 Å². The zero-order chi connectivity index (χ0) is 8.67. The third kappa shape index (κ3) is 1.40. The molecule has 3 fully saturated rings. The van der Waals surface area contributed by atoms with E-state index in [1.165, 1.54) is 45.1 Å². The van der Waals surface area contributed by atoms with Crippen molar-refractivity contribution in [3.8, 4) is 0 Å². The van der Waals surface area contributed by atoms with Gasteiger partial charge in [0, 0.05) is 25.2 Å². The zero-order valence-electron chi connectivity index (χ0n) is 8.24. The minimum atomic E-state index is 0.571. The highest BCUT2D eigenvalue weighted by atomic mass is 16.5. The Morgan fingerprint density at radius 1 is 1.00 bits per heavy atom. The van der Waals surface area contributed by atoms with Gasteiger partial charge in [0.1, 0.15) is 0 Å². The van der Waals surface area contributed by atoms with Crippen LogP contribution in [0.1, 0.15) is 38.5 Å². The lowest BCUT2D eigenvalue weighted by Gasteiger charge is -2.24. The van der Waals surface area contributed by atoms with Crippen LogP contribution in [0.15, 0.2) is 0 Å². The fraction of sp³-hybridized carbons (Fsp3) is 1.00. The summed E-state index contributed by atoms with van der Waals surface area (Å²) in [6.07, 6.45) is 8.98. The van der Waals surface area contributed by atoms with Gasteiger partial charge in [0.25, 0.3) is 0 Å². The van der Waals surface area contributed by atoms with Gasteiger partial charge in [0.2, 0.25) is 0 Å². The van der Waals surface area contributed by atoms with Crippen molar-refractivity contribution in [2.45, 2.75) is 56.7 Å². The van der Waals surface area contributed by atoms with Crippen LogP contribution in [-0.2, 0) is 4.74 Å². The van der Waals surface area contributed by atoms with Gasteiger partial charge in [-0.3, -0.25) is 4.90 Å². The second kappa shape index (κ2) is 3.25. The Labute approximate surface area is 80.2 Å². The van der Waals surface area contributed by atoms with Crippen molar-refractivity contribution >= 4 is 0 Å². The van der Waals surface area contributed by atoms with Gasteiger partial charge in [0.15, 0.2) is 0 Å². The summed E-state index contributed by atoms with van der Waals surface area (Å²) >= 11 is 0. The van der Waals surface area contributed by atoms with E-state index in [0.717, 1.165) is 18.7 Å². The Bertz CT molecular complexity index is 169. The molecular weight excluding hydrogens is 162 g/mol. The van der Waals surface area contributed by atoms with Gasteiger partial charge in [-0.2, -0.15) is 0 Å². The lowest BCUT2D eigenvalue weighted by molar-refractivity contribution is 0.0675. The van der Waals surface area contributed by atoms with Crippen LogP contribution in [-0.4, -0.2) is 36.2 Å². The summed E-state index contributed by atoms with van der Waals surface area (Å²) in [5, 5.41) is 0. The molecule has 0 unspecified atom stereocenters. The molecule has 2 nitrogen and oxygen atoms in total. The first-order valence-electron chi connectivity index (χ1n) is 5.81. The molecule has 2 bridgehead atoms. The molecule has 74 valence electrons. The average molecular weight is 181 g/mol. The van der Waals surface area contributed by atoms with Crippen LogP contribution >= 0.6 is 0 Å². The molecule has 0 radical (unpaired) electrons. The predicted molar refractivity (Wildman–Crippen MR) is 51.7 cm³/mol. The Hall–Kier alpha value is -0.0800. The Morgan fingerprint density at radius 2 is 1.69 bits per heavy atom. The predicted octanol–water partition coefficient (Wildman–Crippen LogP) is 1.79. The topological polar surface area (TPSA) is 12.5 Å². The lowest BCUT2D eigenvalue weighted by Crippen LogP contribution is -2.35. The van der Waals surface area contributed by atoms with Crippen molar-refractivity contribution in [2.75, 3.05) is 13.2 Å². The largest absolute Gasteiger partial charge is 0.377 e. The molecule has 3 heterocycles. The van der Waals surface area contributed by atoms with Crippen LogP contribution in [0.25, 0.3) is 0 Å². The van der Waals surface area contributed by atoms with Gasteiger partial charge in [0.05, 0.1) is 6.10 Å². The normalized spacial score (nSPS) is 44.8. The molecule has 1 atom stereocenters. The fourth-order valence-corrected chi connectivity index (χ4v) is 3.34. The maximum absolute atomic E-state index is 5.70. The second-order valence-corrected chi connectivity index (χ2v) is 4.79. The molecular formula is C11H19NO. The van der Waals surface area contributed by atoms with E-state index in [2.05, 4.69) is 4.90 Å². The highest BCUT2D eigenvalue weighted by Gasteiger charge is 2.40. The number of hydrogen-bond donors (Lipinski definition) is 0. The van der Waals surface area contributed by atoms with Crippen LogP contribution in [0, 0.1) is 0 Å². The molecule has 2 heteroatoms. The minimum absolute atomic E-state index is 0.571. The number of ether oxygens (including phenoxy) is 1. The Balaban J connectivity index is 1.60. The molecule has 0 spiro atoms. The molecule has 0 aromatic rings. The van der Waals surface area contributed by atoms with Crippen LogP contribution in [0.3, 0.4) is 0 Å². The van der Waals surface area contributed by atoms with E-state index in [1.807, 2.05) is 0 Å². The van der Waals surface area contributed by atoms with E-state index in [0.29, 0.717) is 6.10 Å². The lowest BCUT2D eigenvalue weighted by atomic mass is 10.0. The quantitative estimate of drug-likeness (QED) is 0.644. The number of rotatable bonds is 2. The third-order valence-corrected chi connectivity index (χ3v) is 4.04. The van der Waals surface area contributed by atoms with Gasteiger partial charge in [-0.1, -0.05) is 0 Å². The van der Waals surface area contributed by atoms with Crippen molar-refractivity contribution in [3.05, 3.63) is 0 Å². The second-order valence-electron chi connectivity index (χ2n) is 4.79. The van der Waals surface area contributed by atoms with Crippen molar-refractivity contribution in [1.29, 1.82) is 0 Å². The van der Waals surface area contributed by atoms with E-state index < -0.39 is 0 Å². The molecule has 0 N–H and O–H groups in total. The fourth-order valence-electron chi connectivity index (χ4n) is 3.34. The maximum Gasteiger partial charge on any atom is 0.0703 e. The molecule has 3 rings (SSSR count). The summed E-state index contributed by atoms with van der Waals surface area (Å²) < 4.78 is 5.70. The highest BCUT2D eigenvalue weighted by Crippen LogP contribution is 2.37. The van der Waals surface area contributed by atoms with E-state index in [-0.39, 0.29) is 0 Å².